The van der Waals surface area contributed by atoms with E-state index in [4.69, 9.17) is 5.11 Å². The zero-order valence-corrected chi connectivity index (χ0v) is 17.6. The molecule has 0 radical (unpaired) electrons. The maximum absolute atomic E-state index is 11.2. The van der Waals surface area contributed by atoms with Crippen molar-refractivity contribution in [3.8, 4) is 0 Å². The standard InChI is InChI=1S/C24H40O3/c1-15(7-10-21(26)27)17-8-9-18-22-19(11-13-24(17,18)3)23(2)12-5-4-6-16(23)14-20(22)25/h15-20,22,25H,4-14H2,1-3H3,(H,26,27)/t15-,16?,17-,18?,19?,20+,22?,23+,24-/m1/s1. The van der Waals surface area contributed by atoms with Crippen molar-refractivity contribution in [1.29, 1.82) is 0 Å². The highest BCUT2D eigenvalue weighted by Crippen LogP contribution is 2.68. The fourth-order valence-electron chi connectivity index (χ4n) is 8.78. The van der Waals surface area contributed by atoms with Crippen LogP contribution in [0.15, 0.2) is 0 Å². The third-order valence-corrected chi connectivity index (χ3v) is 10.2. The van der Waals surface area contributed by atoms with Crippen molar-refractivity contribution in [1.82, 2.24) is 0 Å². The number of hydrogen-bond acceptors (Lipinski definition) is 2. The normalized spacial score (nSPS) is 50.4. The second-order valence-corrected chi connectivity index (χ2v) is 11.2. The van der Waals surface area contributed by atoms with Crippen LogP contribution in [0.5, 0.6) is 0 Å². The first kappa shape index (κ1) is 19.7. The van der Waals surface area contributed by atoms with Crippen molar-refractivity contribution in [3.63, 3.8) is 0 Å². The molecule has 4 aliphatic rings. The molecule has 3 nitrogen and oxygen atoms in total. The van der Waals surface area contributed by atoms with Crippen molar-refractivity contribution < 1.29 is 15.0 Å². The summed E-state index contributed by atoms with van der Waals surface area (Å²) in [5.74, 6) is 3.02. The molecule has 4 rings (SSSR count). The quantitative estimate of drug-likeness (QED) is 0.680. The molecule has 0 saturated heterocycles. The molecule has 4 unspecified atom stereocenters. The van der Waals surface area contributed by atoms with E-state index in [9.17, 15) is 9.90 Å². The van der Waals surface area contributed by atoms with Gasteiger partial charge in [0.15, 0.2) is 0 Å². The largest absolute Gasteiger partial charge is 0.481 e. The number of rotatable bonds is 4. The van der Waals surface area contributed by atoms with Gasteiger partial charge in [0.05, 0.1) is 6.10 Å². The van der Waals surface area contributed by atoms with Crippen LogP contribution in [0.4, 0.5) is 0 Å². The average molecular weight is 377 g/mol. The highest BCUT2D eigenvalue weighted by atomic mass is 16.4. The third kappa shape index (κ3) is 3.07. The highest BCUT2D eigenvalue weighted by molar-refractivity contribution is 5.66. The Bertz CT molecular complexity index is 574. The van der Waals surface area contributed by atoms with Gasteiger partial charge >= 0.3 is 5.97 Å². The van der Waals surface area contributed by atoms with E-state index in [1.807, 2.05) is 0 Å². The van der Waals surface area contributed by atoms with E-state index in [0.717, 1.165) is 18.8 Å². The van der Waals surface area contributed by atoms with Crippen molar-refractivity contribution in [2.45, 2.75) is 97.5 Å². The molecule has 0 spiro atoms. The molecule has 154 valence electrons. The Morgan fingerprint density at radius 3 is 2.52 bits per heavy atom. The summed E-state index contributed by atoms with van der Waals surface area (Å²) in [6.07, 6.45) is 12.5. The minimum absolute atomic E-state index is 0.108. The van der Waals surface area contributed by atoms with Gasteiger partial charge in [0.25, 0.3) is 0 Å². The molecule has 4 aliphatic carbocycles. The molecule has 27 heavy (non-hydrogen) atoms. The highest BCUT2D eigenvalue weighted by Gasteiger charge is 2.62. The number of aliphatic carboxylic acids is 1. The number of aliphatic hydroxyl groups is 1. The Kier molecular flexibility index (Phi) is 5.15. The van der Waals surface area contributed by atoms with Crippen LogP contribution in [-0.4, -0.2) is 22.3 Å². The van der Waals surface area contributed by atoms with Gasteiger partial charge in [-0.15, -0.1) is 0 Å². The third-order valence-electron chi connectivity index (χ3n) is 10.2. The molecule has 0 aromatic rings. The maximum Gasteiger partial charge on any atom is 0.303 e. The van der Waals surface area contributed by atoms with Gasteiger partial charge in [0.2, 0.25) is 0 Å². The van der Waals surface area contributed by atoms with Crippen molar-refractivity contribution in [2.24, 2.45) is 46.3 Å². The van der Waals surface area contributed by atoms with Gasteiger partial charge in [-0.3, -0.25) is 4.79 Å². The summed E-state index contributed by atoms with van der Waals surface area (Å²) in [4.78, 5) is 11.0. The SMILES string of the molecule is C[C@H](CCC(=O)O)[C@H]1CCC2C3C(CC[C@@]21C)[C@@]1(C)CCCCC1C[C@@H]3O. The van der Waals surface area contributed by atoms with Gasteiger partial charge in [0, 0.05) is 6.42 Å². The summed E-state index contributed by atoms with van der Waals surface area (Å²) in [6, 6.07) is 0. The number of carboxylic acids is 1. The maximum atomic E-state index is 11.2. The predicted molar refractivity (Wildman–Crippen MR) is 107 cm³/mol. The first-order valence-electron chi connectivity index (χ1n) is 11.7. The van der Waals surface area contributed by atoms with Crippen LogP contribution in [0.25, 0.3) is 0 Å². The Hall–Kier alpha value is -0.570. The molecular weight excluding hydrogens is 336 g/mol. The molecular formula is C24H40O3. The van der Waals surface area contributed by atoms with Gasteiger partial charge in [-0.2, -0.15) is 0 Å². The summed E-state index contributed by atoms with van der Waals surface area (Å²) in [7, 11) is 0. The fraction of sp³-hybridized carbons (Fsp3) is 0.958. The van der Waals surface area contributed by atoms with Crippen LogP contribution in [0.3, 0.4) is 0 Å². The molecule has 0 heterocycles. The van der Waals surface area contributed by atoms with Gasteiger partial charge < -0.3 is 10.2 Å². The van der Waals surface area contributed by atoms with E-state index >= 15 is 0 Å². The lowest BCUT2D eigenvalue weighted by atomic mass is 9.44. The van der Waals surface area contributed by atoms with Crippen LogP contribution < -0.4 is 0 Å². The first-order chi connectivity index (χ1) is 12.8. The summed E-state index contributed by atoms with van der Waals surface area (Å²) in [6.45, 7) is 7.33. The Labute approximate surface area is 165 Å². The van der Waals surface area contributed by atoms with Crippen molar-refractivity contribution in [3.05, 3.63) is 0 Å². The van der Waals surface area contributed by atoms with Gasteiger partial charge in [-0.25, -0.2) is 0 Å². The van der Waals surface area contributed by atoms with Crippen molar-refractivity contribution >= 4 is 5.97 Å². The monoisotopic (exact) mass is 376 g/mol. The molecule has 0 amide bonds. The van der Waals surface area contributed by atoms with E-state index in [1.54, 1.807) is 0 Å². The van der Waals surface area contributed by atoms with Crippen molar-refractivity contribution in [2.75, 3.05) is 0 Å². The first-order valence-corrected chi connectivity index (χ1v) is 11.7. The summed E-state index contributed by atoms with van der Waals surface area (Å²) < 4.78 is 0. The molecule has 3 heteroatoms. The molecule has 4 fully saturated rings. The van der Waals surface area contributed by atoms with E-state index in [0.29, 0.717) is 46.8 Å². The smallest absolute Gasteiger partial charge is 0.303 e. The second kappa shape index (κ2) is 7.04. The Morgan fingerprint density at radius 1 is 1.04 bits per heavy atom. The van der Waals surface area contributed by atoms with E-state index in [-0.39, 0.29) is 6.10 Å². The molecule has 0 aliphatic heterocycles. The lowest BCUT2D eigenvalue weighted by molar-refractivity contribution is -0.164. The number of aliphatic hydroxyl groups excluding tert-OH is 1. The lowest BCUT2D eigenvalue weighted by Gasteiger charge is -2.62. The lowest BCUT2D eigenvalue weighted by Crippen LogP contribution is -2.57. The molecule has 4 saturated carbocycles. The minimum atomic E-state index is -0.663. The van der Waals surface area contributed by atoms with Crippen LogP contribution in [0.1, 0.15) is 91.4 Å². The van der Waals surface area contributed by atoms with Gasteiger partial charge in [-0.1, -0.05) is 33.6 Å². The van der Waals surface area contributed by atoms with Gasteiger partial charge in [-0.05, 0) is 97.7 Å². The van der Waals surface area contributed by atoms with E-state index in [2.05, 4.69) is 20.8 Å². The minimum Gasteiger partial charge on any atom is -0.481 e. The number of fused-ring (bicyclic) bond motifs is 5. The summed E-state index contributed by atoms with van der Waals surface area (Å²) in [5.41, 5.74) is 0.758. The topological polar surface area (TPSA) is 57.5 Å². The van der Waals surface area contributed by atoms with Crippen LogP contribution in [-0.2, 0) is 4.79 Å². The predicted octanol–water partition coefficient (Wildman–Crippen LogP) is 5.51. The zero-order chi connectivity index (χ0) is 19.4. The molecule has 0 aromatic carbocycles. The average Bonchev–Trinajstić information content (AvgIpc) is 2.97. The molecule has 0 bridgehead atoms. The van der Waals surface area contributed by atoms with Gasteiger partial charge in [0.1, 0.15) is 0 Å². The molecule has 9 atom stereocenters. The second-order valence-electron chi connectivity index (χ2n) is 11.2. The Morgan fingerprint density at radius 2 is 1.78 bits per heavy atom. The zero-order valence-electron chi connectivity index (χ0n) is 17.6. The molecule has 0 aromatic heterocycles. The van der Waals surface area contributed by atoms with E-state index < -0.39 is 5.97 Å². The summed E-state index contributed by atoms with van der Waals surface area (Å²) in [5, 5.41) is 20.3. The molecule has 2 N–H and O–H groups in total. The number of hydrogen-bond donors (Lipinski definition) is 2. The van der Waals surface area contributed by atoms with Crippen LogP contribution in [0.2, 0.25) is 0 Å². The Balaban J connectivity index is 1.56. The van der Waals surface area contributed by atoms with Crippen LogP contribution >= 0.6 is 0 Å². The fourth-order valence-corrected chi connectivity index (χ4v) is 8.78. The van der Waals surface area contributed by atoms with Crippen LogP contribution in [0, 0.1) is 46.3 Å². The summed E-state index contributed by atoms with van der Waals surface area (Å²) >= 11 is 0. The number of carbonyl (C=O) groups is 1. The van der Waals surface area contributed by atoms with E-state index in [1.165, 1.54) is 51.4 Å². The number of carboxylic acid groups (broad SMARTS) is 1.